The molecule has 0 amide bonds. The summed E-state index contributed by atoms with van der Waals surface area (Å²) in [6.45, 7) is 7.00. The van der Waals surface area contributed by atoms with Gasteiger partial charge < -0.3 is 15.0 Å². The molecule has 3 aliphatic rings. The molecule has 9 nitrogen and oxygen atoms in total. The van der Waals surface area contributed by atoms with Gasteiger partial charge in [0.05, 0.1) is 24.2 Å². The standard InChI is InChI=1S/C20H20FN7O.C7H12FN/c1-11-3-4-14-12(10-24-27-14)15(11)18-16(21)17-13(9-23-18)19(26-20(25-17)29-2)28-7-5-22-6-8-28;8-6-4-7-2-1-3-9(7)5-6/h3-4,9-10,22H,5-8H2,1-2H3,(H,24,27);6-7H,1-5H2. The van der Waals surface area contributed by atoms with Gasteiger partial charge in [-0.3, -0.25) is 15.0 Å². The highest BCUT2D eigenvalue weighted by molar-refractivity contribution is 5.98. The van der Waals surface area contributed by atoms with Crippen LogP contribution < -0.4 is 15.0 Å². The van der Waals surface area contributed by atoms with E-state index in [9.17, 15) is 4.39 Å². The van der Waals surface area contributed by atoms with Crippen LogP contribution in [0, 0.1) is 12.7 Å². The summed E-state index contributed by atoms with van der Waals surface area (Å²) in [5.74, 6) is 0.154. The Hall–Kier alpha value is -3.44. The summed E-state index contributed by atoms with van der Waals surface area (Å²) in [5, 5.41) is 11.7. The van der Waals surface area contributed by atoms with E-state index in [1.165, 1.54) is 20.0 Å². The zero-order valence-electron chi connectivity index (χ0n) is 21.7. The summed E-state index contributed by atoms with van der Waals surface area (Å²) in [6, 6.07) is 4.60. The number of methoxy groups -OCH3 is 1. The molecule has 11 heteroatoms. The fourth-order valence-corrected chi connectivity index (χ4v) is 5.87. The minimum absolute atomic E-state index is 0.139. The van der Waals surface area contributed by atoms with E-state index in [1.54, 1.807) is 12.4 Å². The van der Waals surface area contributed by atoms with E-state index in [-0.39, 0.29) is 17.2 Å². The van der Waals surface area contributed by atoms with Crippen molar-refractivity contribution in [3.8, 4) is 17.3 Å². The van der Waals surface area contributed by atoms with Crippen molar-refractivity contribution in [3.05, 3.63) is 35.9 Å². The molecule has 0 saturated carbocycles. The van der Waals surface area contributed by atoms with Gasteiger partial charge in [0.25, 0.3) is 0 Å². The van der Waals surface area contributed by atoms with Crippen LogP contribution in [0.1, 0.15) is 24.8 Å². The van der Waals surface area contributed by atoms with E-state index in [1.807, 2.05) is 19.1 Å². The van der Waals surface area contributed by atoms with E-state index in [0.29, 0.717) is 29.4 Å². The van der Waals surface area contributed by atoms with Gasteiger partial charge in [-0.1, -0.05) is 6.07 Å². The average molecular weight is 523 g/mol. The second-order valence-electron chi connectivity index (χ2n) is 10.2. The van der Waals surface area contributed by atoms with Crippen molar-refractivity contribution in [1.29, 1.82) is 0 Å². The van der Waals surface area contributed by atoms with Gasteiger partial charge in [0.15, 0.2) is 5.82 Å². The Morgan fingerprint density at radius 2 is 1.92 bits per heavy atom. The molecule has 3 fully saturated rings. The van der Waals surface area contributed by atoms with Crippen molar-refractivity contribution >= 4 is 27.6 Å². The Kier molecular flexibility index (Phi) is 6.79. The van der Waals surface area contributed by atoms with E-state index in [0.717, 1.165) is 55.6 Å². The summed E-state index contributed by atoms with van der Waals surface area (Å²) in [6.07, 6.45) is 6.16. The highest BCUT2D eigenvalue weighted by Gasteiger charge is 2.34. The third-order valence-electron chi connectivity index (χ3n) is 7.77. The Morgan fingerprint density at radius 3 is 2.71 bits per heavy atom. The molecule has 0 bridgehead atoms. The molecule has 3 aliphatic heterocycles. The van der Waals surface area contributed by atoms with Crippen LogP contribution in [0.25, 0.3) is 33.1 Å². The third-order valence-corrected chi connectivity index (χ3v) is 7.77. The van der Waals surface area contributed by atoms with Gasteiger partial charge in [0, 0.05) is 55.9 Å². The second kappa shape index (κ2) is 10.4. The lowest BCUT2D eigenvalue weighted by atomic mass is 10.00. The number of fused-ring (bicyclic) bond motifs is 3. The number of anilines is 1. The van der Waals surface area contributed by atoms with Crippen LogP contribution in [0.4, 0.5) is 14.6 Å². The van der Waals surface area contributed by atoms with E-state index in [4.69, 9.17) is 4.74 Å². The number of benzene rings is 1. The van der Waals surface area contributed by atoms with E-state index < -0.39 is 12.0 Å². The molecular formula is C27H32F2N8O. The molecule has 3 saturated heterocycles. The summed E-state index contributed by atoms with van der Waals surface area (Å²) in [4.78, 5) is 17.7. The molecule has 38 heavy (non-hydrogen) atoms. The van der Waals surface area contributed by atoms with Gasteiger partial charge in [-0.25, -0.2) is 8.78 Å². The Balaban J connectivity index is 0.000000246. The van der Waals surface area contributed by atoms with Crippen molar-refractivity contribution in [2.75, 3.05) is 51.3 Å². The second-order valence-corrected chi connectivity index (χ2v) is 10.2. The largest absolute Gasteiger partial charge is 0.467 e. The molecule has 6 heterocycles. The first-order valence-electron chi connectivity index (χ1n) is 13.2. The zero-order valence-corrected chi connectivity index (χ0v) is 21.7. The summed E-state index contributed by atoms with van der Waals surface area (Å²) in [5.41, 5.74) is 2.89. The highest BCUT2D eigenvalue weighted by atomic mass is 19.1. The molecule has 4 aromatic rings. The average Bonchev–Trinajstić information content (AvgIpc) is 3.66. The Labute approximate surface area is 219 Å². The molecule has 7 rings (SSSR count). The van der Waals surface area contributed by atoms with Crippen LogP contribution >= 0.6 is 0 Å². The number of nitrogens with one attached hydrogen (secondary N) is 2. The van der Waals surface area contributed by atoms with E-state index >= 15 is 4.39 Å². The van der Waals surface area contributed by atoms with Gasteiger partial charge in [-0.15, -0.1) is 0 Å². The van der Waals surface area contributed by atoms with Crippen molar-refractivity contribution in [1.82, 2.24) is 35.4 Å². The monoisotopic (exact) mass is 522 g/mol. The number of alkyl halides is 1. The number of nitrogens with zero attached hydrogens (tertiary/aromatic N) is 6. The van der Waals surface area contributed by atoms with Crippen molar-refractivity contribution in [2.24, 2.45) is 0 Å². The smallest absolute Gasteiger partial charge is 0.318 e. The lowest BCUT2D eigenvalue weighted by molar-refractivity contribution is 0.292. The van der Waals surface area contributed by atoms with Crippen molar-refractivity contribution in [3.63, 3.8) is 0 Å². The lowest BCUT2D eigenvalue weighted by Crippen LogP contribution is -2.44. The number of hydrogen-bond donors (Lipinski definition) is 2. The van der Waals surface area contributed by atoms with Crippen molar-refractivity contribution in [2.45, 2.75) is 38.4 Å². The quantitative estimate of drug-likeness (QED) is 0.421. The number of aromatic amines is 1. The fraction of sp³-hybridized carbons (Fsp3) is 0.481. The number of piperazine rings is 1. The number of hydrogen-bond acceptors (Lipinski definition) is 8. The van der Waals surface area contributed by atoms with Gasteiger partial charge >= 0.3 is 6.01 Å². The van der Waals surface area contributed by atoms with Crippen LogP contribution in [-0.4, -0.2) is 88.6 Å². The molecule has 200 valence electrons. The first-order chi connectivity index (χ1) is 18.5. The fourth-order valence-electron chi connectivity index (χ4n) is 5.87. The molecule has 2 atom stereocenters. The van der Waals surface area contributed by atoms with Crippen LogP contribution in [0.15, 0.2) is 24.5 Å². The predicted molar refractivity (Wildman–Crippen MR) is 143 cm³/mol. The van der Waals surface area contributed by atoms with Gasteiger partial charge in [-0.2, -0.15) is 15.1 Å². The van der Waals surface area contributed by atoms with Gasteiger partial charge in [0.1, 0.15) is 23.2 Å². The maximum atomic E-state index is 15.8. The van der Waals surface area contributed by atoms with Crippen LogP contribution in [0.3, 0.4) is 0 Å². The number of ether oxygens (including phenoxy) is 1. The molecule has 3 aromatic heterocycles. The van der Waals surface area contributed by atoms with E-state index in [2.05, 4.69) is 40.3 Å². The topological polar surface area (TPSA) is 95.1 Å². The molecule has 0 aliphatic carbocycles. The number of pyridine rings is 1. The minimum Gasteiger partial charge on any atom is -0.467 e. The molecule has 1 aromatic carbocycles. The van der Waals surface area contributed by atoms with Crippen LogP contribution in [-0.2, 0) is 0 Å². The molecule has 0 spiro atoms. The maximum absolute atomic E-state index is 15.8. The third kappa shape index (κ3) is 4.54. The Bertz CT molecular complexity index is 1440. The maximum Gasteiger partial charge on any atom is 0.318 e. The molecule has 2 N–H and O–H groups in total. The summed E-state index contributed by atoms with van der Waals surface area (Å²) < 4.78 is 33.6. The van der Waals surface area contributed by atoms with Crippen molar-refractivity contribution < 1.29 is 13.5 Å². The highest BCUT2D eigenvalue weighted by Crippen LogP contribution is 2.36. The number of halogens is 2. The van der Waals surface area contributed by atoms with Crippen LogP contribution in [0.5, 0.6) is 6.01 Å². The summed E-state index contributed by atoms with van der Waals surface area (Å²) >= 11 is 0. The van der Waals surface area contributed by atoms with Crippen LogP contribution in [0.2, 0.25) is 0 Å². The van der Waals surface area contributed by atoms with Gasteiger partial charge in [0.2, 0.25) is 0 Å². The SMILES string of the molecule is COc1nc(N2CCNCC2)c2cnc(-c3c(C)ccc4[nH]ncc34)c(F)c2n1.FC1CC2CCCN2C1. The number of H-pyrrole nitrogens is 1. The molecular weight excluding hydrogens is 490 g/mol. The molecule has 0 radical (unpaired) electrons. The number of aromatic nitrogens is 5. The normalized spacial score (nSPS) is 21.5. The predicted octanol–water partition coefficient (Wildman–Crippen LogP) is 3.63. The number of rotatable bonds is 3. The minimum atomic E-state index is -0.518. The summed E-state index contributed by atoms with van der Waals surface area (Å²) in [7, 11) is 1.49. The molecule has 2 unspecified atom stereocenters. The lowest BCUT2D eigenvalue weighted by Gasteiger charge is -2.29. The Morgan fingerprint density at radius 1 is 1.08 bits per heavy atom. The first-order valence-corrected chi connectivity index (χ1v) is 13.2. The van der Waals surface area contributed by atoms with Gasteiger partial charge in [-0.05, 0) is 44.4 Å². The first kappa shape index (κ1) is 24.9. The number of aryl methyl sites for hydroxylation is 1. The zero-order chi connectivity index (χ0) is 26.2.